The summed E-state index contributed by atoms with van der Waals surface area (Å²) in [5.41, 5.74) is 0.713. The second kappa shape index (κ2) is 6.37. The van der Waals surface area contributed by atoms with Gasteiger partial charge in [0.25, 0.3) is 11.5 Å². The Morgan fingerprint density at radius 1 is 1.17 bits per heavy atom. The molecule has 0 aliphatic rings. The highest BCUT2D eigenvalue weighted by Crippen LogP contribution is 2.28. The van der Waals surface area contributed by atoms with Crippen molar-refractivity contribution in [2.24, 2.45) is 7.05 Å². The molecule has 0 saturated heterocycles. The lowest BCUT2D eigenvalue weighted by atomic mass is 10.1. The molecule has 1 N–H and O–H groups in total. The number of carbonyl (C=O) groups excluding carboxylic acids is 1. The van der Waals surface area contributed by atoms with E-state index in [-0.39, 0.29) is 11.5 Å². The number of amides is 1. The molecule has 3 rings (SSSR count). The highest BCUT2D eigenvalue weighted by atomic mass is 35.5. The topological polar surface area (TPSA) is 60.3 Å². The van der Waals surface area contributed by atoms with Crippen LogP contribution < -0.4 is 15.6 Å². The number of aryl methyl sites for hydroxylation is 1. The van der Waals surface area contributed by atoms with Crippen LogP contribution in [-0.2, 0) is 7.05 Å². The molecule has 0 saturated carbocycles. The minimum absolute atomic E-state index is 0.150. The van der Waals surface area contributed by atoms with E-state index in [2.05, 4.69) is 5.32 Å². The molecule has 1 amide bonds. The molecule has 0 spiro atoms. The molecule has 1 aromatic heterocycles. The fraction of sp³-hybridized carbons (Fsp3) is 0.111. The molecule has 0 atom stereocenters. The van der Waals surface area contributed by atoms with Gasteiger partial charge in [-0.05, 0) is 24.3 Å². The Bertz CT molecular complexity index is 995. The van der Waals surface area contributed by atoms with Gasteiger partial charge in [-0.15, -0.1) is 0 Å². The standard InChI is InChI=1S/C18H15ClN2O3/c1-21-10-14(12-5-3-4-6-13(12)18(21)23)17(22)20-15-9-11(19)7-8-16(15)24-2/h3-10H,1-2H3,(H,20,22). The first-order valence-electron chi connectivity index (χ1n) is 7.24. The molecular weight excluding hydrogens is 328 g/mol. The lowest BCUT2D eigenvalue weighted by Gasteiger charge is -2.12. The van der Waals surface area contributed by atoms with Crippen molar-refractivity contribution in [2.75, 3.05) is 12.4 Å². The van der Waals surface area contributed by atoms with E-state index in [0.717, 1.165) is 0 Å². The van der Waals surface area contributed by atoms with Crippen LogP contribution in [0.5, 0.6) is 5.75 Å². The smallest absolute Gasteiger partial charge is 0.258 e. The molecule has 0 aliphatic heterocycles. The molecule has 0 radical (unpaired) electrons. The number of carbonyl (C=O) groups is 1. The molecule has 6 heteroatoms. The predicted molar refractivity (Wildman–Crippen MR) is 95.1 cm³/mol. The molecule has 0 bridgehead atoms. The third-order valence-corrected chi connectivity index (χ3v) is 3.98. The fourth-order valence-electron chi connectivity index (χ4n) is 2.56. The number of pyridine rings is 1. The molecule has 0 aliphatic carbocycles. The van der Waals surface area contributed by atoms with E-state index < -0.39 is 0 Å². The highest BCUT2D eigenvalue weighted by Gasteiger charge is 2.15. The Labute approximate surface area is 143 Å². The number of nitrogens with zero attached hydrogens (tertiary/aromatic N) is 1. The molecular formula is C18H15ClN2O3. The zero-order chi connectivity index (χ0) is 17.3. The van der Waals surface area contributed by atoms with Crippen LogP contribution in [0.1, 0.15) is 10.4 Å². The van der Waals surface area contributed by atoms with Gasteiger partial charge in [-0.2, -0.15) is 0 Å². The number of hydrogen-bond acceptors (Lipinski definition) is 3. The van der Waals surface area contributed by atoms with E-state index in [9.17, 15) is 9.59 Å². The van der Waals surface area contributed by atoms with Crippen molar-refractivity contribution in [3.63, 3.8) is 0 Å². The molecule has 0 fully saturated rings. The van der Waals surface area contributed by atoms with E-state index in [0.29, 0.717) is 32.8 Å². The second-order valence-electron chi connectivity index (χ2n) is 5.30. The summed E-state index contributed by atoms with van der Waals surface area (Å²) < 4.78 is 6.63. The van der Waals surface area contributed by atoms with Gasteiger partial charge in [0, 0.05) is 29.0 Å². The van der Waals surface area contributed by atoms with Crippen molar-refractivity contribution >= 4 is 34.0 Å². The van der Waals surface area contributed by atoms with Gasteiger partial charge >= 0.3 is 0 Å². The zero-order valence-corrected chi connectivity index (χ0v) is 13.9. The van der Waals surface area contributed by atoms with E-state index in [4.69, 9.17) is 16.3 Å². The van der Waals surface area contributed by atoms with Gasteiger partial charge in [0.1, 0.15) is 5.75 Å². The second-order valence-corrected chi connectivity index (χ2v) is 5.74. The van der Waals surface area contributed by atoms with Gasteiger partial charge in [-0.3, -0.25) is 9.59 Å². The van der Waals surface area contributed by atoms with Gasteiger partial charge < -0.3 is 14.6 Å². The Hall–Kier alpha value is -2.79. The van der Waals surface area contributed by atoms with Crippen LogP contribution in [0.4, 0.5) is 5.69 Å². The maximum Gasteiger partial charge on any atom is 0.258 e. The van der Waals surface area contributed by atoms with Crippen molar-refractivity contribution in [3.8, 4) is 5.75 Å². The lowest BCUT2D eigenvalue weighted by Crippen LogP contribution is -2.21. The summed E-state index contributed by atoms with van der Waals surface area (Å²) in [6.45, 7) is 0. The average molecular weight is 343 g/mol. The number of aromatic nitrogens is 1. The van der Waals surface area contributed by atoms with Crippen LogP contribution >= 0.6 is 11.6 Å². The summed E-state index contributed by atoms with van der Waals surface area (Å²) in [5.74, 6) is 0.157. The maximum atomic E-state index is 12.7. The van der Waals surface area contributed by atoms with Crippen molar-refractivity contribution in [1.29, 1.82) is 0 Å². The van der Waals surface area contributed by atoms with Crippen LogP contribution in [0.15, 0.2) is 53.5 Å². The first kappa shape index (κ1) is 16.1. The van der Waals surface area contributed by atoms with Crippen LogP contribution in [0.3, 0.4) is 0 Å². The molecule has 1 heterocycles. The molecule has 24 heavy (non-hydrogen) atoms. The Morgan fingerprint density at radius 3 is 2.58 bits per heavy atom. The lowest BCUT2D eigenvalue weighted by molar-refractivity contribution is 0.102. The van der Waals surface area contributed by atoms with Crippen molar-refractivity contribution < 1.29 is 9.53 Å². The van der Waals surface area contributed by atoms with E-state index in [1.165, 1.54) is 17.9 Å². The minimum Gasteiger partial charge on any atom is -0.495 e. The fourth-order valence-corrected chi connectivity index (χ4v) is 2.74. The third kappa shape index (κ3) is 2.86. The summed E-state index contributed by atoms with van der Waals surface area (Å²) in [4.78, 5) is 24.9. The number of fused-ring (bicyclic) bond motifs is 1. The average Bonchev–Trinajstić information content (AvgIpc) is 2.58. The van der Waals surface area contributed by atoms with E-state index >= 15 is 0 Å². The van der Waals surface area contributed by atoms with Crippen LogP contribution in [0.25, 0.3) is 10.8 Å². The molecule has 3 aromatic rings. The van der Waals surface area contributed by atoms with Gasteiger partial charge in [0.2, 0.25) is 0 Å². The number of rotatable bonds is 3. The quantitative estimate of drug-likeness (QED) is 0.793. The highest BCUT2D eigenvalue weighted by molar-refractivity contribution is 6.31. The van der Waals surface area contributed by atoms with Gasteiger partial charge in [0.15, 0.2) is 0 Å². The van der Waals surface area contributed by atoms with Gasteiger partial charge in [-0.1, -0.05) is 29.8 Å². The Kier molecular flexibility index (Phi) is 4.27. The van der Waals surface area contributed by atoms with E-state index in [1.54, 1.807) is 49.5 Å². The SMILES string of the molecule is COc1ccc(Cl)cc1NC(=O)c1cn(C)c(=O)c2ccccc12. The van der Waals surface area contributed by atoms with Gasteiger partial charge in [0.05, 0.1) is 18.4 Å². The maximum absolute atomic E-state index is 12.7. The molecule has 0 unspecified atom stereocenters. The van der Waals surface area contributed by atoms with Crippen molar-refractivity contribution in [3.05, 3.63) is 69.6 Å². The van der Waals surface area contributed by atoms with Crippen LogP contribution in [0, 0.1) is 0 Å². The summed E-state index contributed by atoms with van der Waals surface area (Å²) in [7, 11) is 3.13. The van der Waals surface area contributed by atoms with E-state index in [1.807, 2.05) is 0 Å². The number of methoxy groups -OCH3 is 1. The third-order valence-electron chi connectivity index (χ3n) is 3.75. The first-order chi connectivity index (χ1) is 11.5. The molecule has 122 valence electrons. The molecule has 5 nitrogen and oxygen atoms in total. The first-order valence-corrected chi connectivity index (χ1v) is 7.62. The predicted octanol–water partition coefficient (Wildman–Crippen LogP) is 3.45. The summed E-state index contributed by atoms with van der Waals surface area (Å²) >= 11 is 5.99. The van der Waals surface area contributed by atoms with Crippen LogP contribution in [0.2, 0.25) is 5.02 Å². The zero-order valence-electron chi connectivity index (χ0n) is 13.2. The largest absolute Gasteiger partial charge is 0.495 e. The van der Waals surface area contributed by atoms with Crippen molar-refractivity contribution in [1.82, 2.24) is 4.57 Å². The Morgan fingerprint density at radius 2 is 1.88 bits per heavy atom. The number of benzene rings is 2. The Balaban J connectivity index is 2.09. The number of hydrogen-bond donors (Lipinski definition) is 1. The summed E-state index contributed by atoms with van der Waals surface area (Å²) in [6.07, 6.45) is 1.52. The molecule has 2 aromatic carbocycles. The number of nitrogens with one attached hydrogen (secondary N) is 1. The van der Waals surface area contributed by atoms with Crippen LogP contribution in [-0.4, -0.2) is 17.6 Å². The number of anilines is 1. The summed E-state index contributed by atoms with van der Waals surface area (Å²) in [5, 5.41) is 4.36. The van der Waals surface area contributed by atoms with Gasteiger partial charge in [-0.25, -0.2) is 0 Å². The normalized spacial score (nSPS) is 10.6. The van der Waals surface area contributed by atoms with Crippen molar-refractivity contribution in [2.45, 2.75) is 0 Å². The summed E-state index contributed by atoms with van der Waals surface area (Å²) in [6, 6.07) is 12.0. The minimum atomic E-state index is -0.345. The number of halogens is 1. The number of ether oxygens (including phenoxy) is 1. The monoisotopic (exact) mass is 342 g/mol.